The number of benzene rings is 2. The van der Waals surface area contributed by atoms with Gasteiger partial charge in [-0.1, -0.05) is 6.07 Å². The van der Waals surface area contributed by atoms with Crippen molar-refractivity contribution in [3.63, 3.8) is 0 Å². The second-order valence-electron chi connectivity index (χ2n) is 4.91. The molecule has 1 heterocycles. The predicted octanol–water partition coefficient (Wildman–Crippen LogP) is 4.04. The van der Waals surface area contributed by atoms with Crippen LogP contribution in [0.5, 0.6) is 5.75 Å². The third-order valence-electron chi connectivity index (χ3n) is 3.16. The van der Waals surface area contributed by atoms with Crippen molar-refractivity contribution in [2.24, 2.45) is 0 Å². The van der Waals surface area contributed by atoms with Crippen LogP contribution in [0.4, 0.5) is 8.78 Å². The maximum Gasteiger partial charge on any atom is 0.130 e. The van der Waals surface area contributed by atoms with Gasteiger partial charge < -0.3 is 4.74 Å². The lowest BCUT2D eigenvalue weighted by Gasteiger charge is -2.09. The first-order valence-corrected chi connectivity index (χ1v) is 6.82. The van der Waals surface area contributed by atoms with Gasteiger partial charge in [0.15, 0.2) is 0 Å². The van der Waals surface area contributed by atoms with Gasteiger partial charge in [0, 0.05) is 6.07 Å². The molecule has 0 saturated carbocycles. The first-order valence-electron chi connectivity index (χ1n) is 6.82. The van der Waals surface area contributed by atoms with Crippen LogP contribution in [0, 0.1) is 18.6 Å². The van der Waals surface area contributed by atoms with Gasteiger partial charge in [-0.25, -0.2) is 13.5 Å². The highest BCUT2D eigenvalue weighted by Crippen LogP contribution is 2.17. The Morgan fingerprint density at radius 3 is 2.50 bits per heavy atom. The molecule has 0 aliphatic heterocycles. The summed E-state index contributed by atoms with van der Waals surface area (Å²) in [6, 6.07) is 13.9. The molecule has 0 unspecified atom stereocenters. The molecule has 0 N–H and O–H groups in total. The van der Waals surface area contributed by atoms with Crippen molar-refractivity contribution in [2.75, 3.05) is 0 Å². The number of nitrogens with zero attached hydrogens (tertiary/aromatic N) is 2. The van der Waals surface area contributed by atoms with Gasteiger partial charge in [0.25, 0.3) is 0 Å². The molecule has 1 aromatic heterocycles. The number of aryl methyl sites for hydroxylation is 1. The zero-order valence-electron chi connectivity index (χ0n) is 12.0. The molecule has 3 rings (SSSR count). The summed E-state index contributed by atoms with van der Waals surface area (Å²) in [5, 5.41) is 4.38. The summed E-state index contributed by atoms with van der Waals surface area (Å²) in [5.74, 6) is -0.199. The lowest BCUT2D eigenvalue weighted by molar-refractivity contribution is 0.296. The highest BCUT2D eigenvalue weighted by molar-refractivity contribution is 5.34. The fraction of sp³-hybridized carbons (Fsp3) is 0.118. The molecule has 0 atom stereocenters. The fourth-order valence-electron chi connectivity index (χ4n) is 2.18. The van der Waals surface area contributed by atoms with Gasteiger partial charge in [0.1, 0.15) is 24.0 Å². The topological polar surface area (TPSA) is 27.1 Å². The lowest BCUT2D eigenvalue weighted by atomic mass is 10.3. The average molecular weight is 300 g/mol. The fourth-order valence-corrected chi connectivity index (χ4v) is 2.18. The molecule has 0 aliphatic rings. The maximum atomic E-state index is 13.1. The molecular formula is C17H14F2N2O. The Hall–Kier alpha value is -2.69. The van der Waals surface area contributed by atoms with Crippen molar-refractivity contribution in [2.45, 2.75) is 13.5 Å². The molecule has 3 aromatic rings. The van der Waals surface area contributed by atoms with Gasteiger partial charge in [0.2, 0.25) is 0 Å². The first kappa shape index (κ1) is 14.3. The summed E-state index contributed by atoms with van der Waals surface area (Å²) >= 11 is 0. The molecule has 3 nitrogen and oxygen atoms in total. The van der Waals surface area contributed by atoms with Gasteiger partial charge in [-0.2, -0.15) is 5.10 Å². The predicted molar refractivity (Wildman–Crippen MR) is 79.0 cm³/mol. The number of rotatable bonds is 4. The van der Waals surface area contributed by atoms with Gasteiger partial charge in [0.05, 0.1) is 17.1 Å². The van der Waals surface area contributed by atoms with Crippen LogP contribution in [-0.4, -0.2) is 9.78 Å². The highest BCUT2D eigenvalue weighted by atomic mass is 19.1. The number of hydrogen-bond donors (Lipinski definition) is 0. The molecular weight excluding hydrogens is 286 g/mol. The van der Waals surface area contributed by atoms with Crippen LogP contribution in [0.1, 0.15) is 11.4 Å². The van der Waals surface area contributed by atoms with Gasteiger partial charge in [-0.15, -0.1) is 0 Å². The Morgan fingerprint density at radius 2 is 1.77 bits per heavy atom. The van der Waals surface area contributed by atoms with E-state index >= 15 is 0 Å². The molecule has 2 aromatic carbocycles. The second kappa shape index (κ2) is 5.97. The maximum absolute atomic E-state index is 13.1. The van der Waals surface area contributed by atoms with Gasteiger partial charge in [-0.3, -0.25) is 0 Å². The minimum atomic E-state index is -0.347. The Bertz CT molecular complexity index is 782. The van der Waals surface area contributed by atoms with Crippen molar-refractivity contribution < 1.29 is 13.5 Å². The number of aromatic nitrogens is 2. The normalized spacial score (nSPS) is 10.7. The third kappa shape index (κ3) is 3.14. The monoisotopic (exact) mass is 300 g/mol. The minimum Gasteiger partial charge on any atom is -0.487 e. The van der Waals surface area contributed by atoms with E-state index in [1.807, 2.05) is 13.0 Å². The summed E-state index contributed by atoms with van der Waals surface area (Å²) in [4.78, 5) is 0. The van der Waals surface area contributed by atoms with Crippen molar-refractivity contribution in [3.8, 4) is 11.4 Å². The molecule has 0 bridgehead atoms. The van der Waals surface area contributed by atoms with E-state index in [0.29, 0.717) is 5.75 Å². The molecule has 0 fully saturated rings. The van der Waals surface area contributed by atoms with Crippen LogP contribution in [0.2, 0.25) is 0 Å². The van der Waals surface area contributed by atoms with Gasteiger partial charge in [-0.05, 0) is 49.4 Å². The number of ether oxygens (including phenoxy) is 1. The van der Waals surface area contributed by atoms with Gasteiger partial charge >= 0.3 is 0 Å². The van der Waals surface area contributed by atoms with Crippen LogP contribution in [0.15, 0.2) is 54.6 Å². The van der Waals surface area contributed by atoms with Crippen LogP contribution < -0.4 is 4.74 Å². The van der Waals surface area contributed by atoms with Crippen LogP contribution in [0.25, 0.3) is 5.69 Å². The van der Waals surface area contributed by atoms with E-state index in [2.05, 4.69) is 5.10 Å². The quantitative estimate of drug-likeness (QED) is 0.727. The largest absolute Gasteiger partial charge is 0.487 e. The molecule has 0 radical (unpaired) electrons. The third-order valence-corrected chi connectivity index (χ3v) is 3.16. The summed E-state index contributed by atoms with van der Waals surface area (Å²) in [6.45, 7) is 2.10. The van der Waals surface area contributed by atoms with E-state index in [1.54, 1.807) is 28.9 Å². The molecule has 0 aliphatic carbocycles. The van der Waals surface area contributed by atoms with Crippen molar-refractivity contribution in [1.82, 2.24) is 9.78 Å². The van der Waals surface area contributed by atoms with E-state index in [-0.39, 0.29) is 18.2 Å². The van der Waals surface area contributed by atoms with E-state index < -0.39 is 0 Å². The molecule has 5 heteroatoms. The standard InChI is InChI=1S/C17H14F2N2O/c1-12-9-16(11-22-17-4-2-3-14(19)10-17)21(20-12)15-7-5-13(18)6-8-15/h2-10H,11H2,1H3. The Kier molecular flexibility index (Phi) is 3.87. The first-order chi connectivity index (χ1) is 10.6. The minimum absolute atomic E-state index is 0.238. The SMILES string of the molecule is Cc1cc(COc2cccc(F)c2)n(-c2ccc(F)cc2)n1. The van der Waals surface area contributed by atoms with Crippen molar-refractivity contribution >= 4 is 0 Å². The Labute approximate surface area is 126 Å². The molecule has 112 valence electrons. The summed E-state index contributed by atoms with van der Waals surface area (Å²) < 4.78 is 33.5. The van der Waals surface area contributed by atoms with E-state index in [0.717, 1.165) is 17.1 Å². The molecule has 22 heavy (non-hydrogen) atoms. The summed E-state index contributed by atoms with van der Waals surface area (Å²) in [5.41, 5.74) is 2.36. The van der Waals surface area contributed by atoms with Crippen LogP contribution in [0.3, 0.4) is 0 Å². The second-order valence-corrected chi connectivity index (χ2v) is 4.91. The van der Waals surface area contributed by atoms with E-state index in [1.165, 1.54) is 24.3 Å². The zero-order valence-corrected chi connectivity index (χ0v) is 12.0. The number of halogens is 2. The number of hydrogen-bond acceptors (Lipinski definition) is 2. The average Bonchev–Trinajstić information content (AvgIpc) is 2.87. The zero-order chi connectivity index (χ0) is 15.5. The highest BCUT2D eigenvalue weighted by Gasteiger charge is 2.09. The van der Waals surface area contributed by atoms with E-state index in [9.17, 15) is 8.78 Å². The van der Waals surface area contributed by atoms with Crippen molar-refractivity contribution in [1.29, 1.82) is 0 Å². The Morgan fingerprint density at radius 1 is 1.00 bits per heavy atom. The smallest absolute Gasteiger partial charge is 0.130 e. The molecule has 0 amide bonds. The van der Waals surface area contributed by atoms with E-state index in [4.69, 9.17) is 4.74 Å². The summed E-state index contributed by atoms with van der Waals surface area (Å²) in [7, 11) is 0. The Balaban J connectivity index is 1.83. The van der Waals surface area contributed by atoms with Crippen molar-refractivity contribution in [3.05, 3.63) is 77.6 Å². The lowest BCUT2D eigenvalue weighted by Crippen LogP contribution is -2.05. The van der Waals surface area contributed by atoms with Crippen LogP contribution >= 0.6 is 0 Å². The molecule has 0 saturated heterocycles. The van der Waals surface area contributed by atoms with Crippen LogP contribution in [-0.2, 0) is 6.61 Å². The molecule has 0 spiro atoms. The summed E-state index contributed by atoms with van der Waals surface area (Å²) in [6.07, 6.45) is 0.